The third kappa shape index (κ3) is 2.86. The normalized spacial score (nSPS) is 10.2. The lowest BCUT2D eigenvalue weighted by Gasteiger charge is -2.08. The van der Waals surface area contributed by atoms with Crippen LogP contribution in [0.1, 0.15) is 5.56 Å². The van der Waals surface area contributed by atoms with Crippen LogP contribution < -0.4 is 5.73 Å². The molecule has 0 radical (unpaired) electrons. The fraction of sp³-hybridized carbons (Fsp3) is 0.0714. The van der Waals surface area contributed by atoms with Crippen LogP contribution in [-0.4, -0.2) is 5.91 Å². The van der Waals surface area contributed by atoms with Crippen LogP contribution in [0.25, 0.3) is 11.1 Å². The first-order valence-electron chi connectivity index (χ1n) is 5.29. The maximum Gasteiger partial charge on any atom is 0.221 e. The minimum absolute atomic E-state index is 0.239. The SMILES string of the molecule is NC(=O)Cc1ccccc1-c1cccc(Cl)c1. The van der Waals surface area contributed by atoms with Crippen molar-refractivity contribution in [1.82, 2.24) is 0 Å². The van der Waals surface area contributed by atoms with Crippen LogP contribution in [0.4, 0.5) is 0 Å². The molecule has 1 amide bonds. The number of primary amides is 1. The third-order valence-electron chi connectivity index (χ3n) is 2.52. The summed E-state index contributed by atoms with van der Waals surface area (Å²) in [6.07, 6.45) is 0.239. The van der Waals surface area contributed by atoms with E-state index in [2.05, 4.69) is 0 Å². The van der Waals surface area contributed by atoms with Gasteiger partial charge in [0.25, 0.3) is 0 Å². The largest absolute Gasteiger partial charge is 0.369 e. The van der Waals surface area contributed by atoms with Gasteiger partial charge in [0.1, 0.15) is 0 Å². The quantitative estimate of drug-likeness (QED) is 0.888. The number of hydrogen-bond donors (Lipinski definition) is 1. The van der Waals surface area contributed by atoms with Gasteiger partial charge in [-0.05, 0) is 28.8 Å². The predicted molar refractivity (Wildman–Crippen MR) is 69.8 cm³/mol. The van der Waals surface area contributed by atoms with E-state index in [1.54, 1.807) is 0 Å². The maximum absolute atomic E-state index is 11.0. The van der Waals surface area contributed by atoms with Gasteiger partial charge in [-0.15, -0.1) is 0 Å². The van der Waals surface area contributed by atoms with Gasteiger partial charge < -0.3 is 5.73 Å². The molecule has 2 nitrogen and oxygen atoms in total. The summed E-state index contributed by atoms with van der Waals surface area (Å²) in [7, 11) is 0. The Bertz CT molecular complexity index is 551. The number of benzene rings is 2. The van der Waals surface area contributed by atoms with Crippen molar-refractivity contribution in [3.8, 4) is 11.1 Å². The summed E-state index contributed by atoms with van der Waals surface area (Å²) < 4.78 is 0. The molecule has 0 saturated heterocycles. The highest BCUT2D eigenvalue weighted by molar-refractivity contribution is 6.30. The first kappa shape index (κ1) is 11.7. The number of amides is 1. The number of hydrogen-bond acceptors (Lipinski definition) is 1. The van der Waals surface area contributed by atoms with Crippen molar-refractivity contribution < 1.29 is 4.79 Å². The number of halogens is 1. The Hall–Kier alpha value is -1.80. The zero-order valence-electron chi connectivity index (χ0n) is 9.19. The van der Waals surface area contributed by atoms with Crippen LogP contribution in [0.3, 0.4) is 0 Å². The lowest BCUT2D eigenvalue weighted by atomic mass is 9.98. The highest BCUT2D eigenvalue weighted by Gasteiger charge is 2.07. The standard InChI is InChI=1S/C14H12ClNO/c15-12-6-3-5-10(8-12)13-7-2-1-4-11(13)9-14(16)17/h1-8H,9H2,(H2,16,17). The molecular formula is C14H12ClNO. The van der Waals surface area contributed by atoms with Crippen molar-refractivity contribution in [1.29, 1.82) is 0 Å². The van der Waals surface area contributed by atoms with Crippen molar-refractivity contribution >= 4 is 17.5 Å². The van der Waals surface area contributed by atoms with Crippen LogP contribution in [0, 0.1) is 0 Å². The van der Waals surface area contributed by atoms with E-state index in [0.717, 1.165) is 16.7 Å². The minimum Gasteiger partial charge on any atom is -0.369 e. The molecule has 0 bridgehead atoms. The predicted octanol–water partition coefficient (Wildman–Crippen LogP) is 3.03. The monoisotopic (exact) mass is 245 g/mol. The van der Waals surface area contributed by atoms with Gasteiger partial charge in [-0.25, -0.2) is 0 Å². The van der Waals surface area contributed by atoms with Crippen LogP contribution in [0.15, 0.2) is 48.5 Å². The fourth-order valence-corrected chi connectivity index (χ4v) is 1.99. The van der Waals surface area contributed by atoms with E-state index in [1.807, 2.05) is 48.5 Å². The highest BCUT2D eigenvalue weighted by Crippen LogP contribution is 2.26. The van der Waals surface area contributed by atoms with E-state index in [1.165, 1.54) is 0 Å². The van der Waals surface area contributed by atoms with Crippen LogP contribution >= 0.6 is 11.6 Å². The molecule has 3 heteroatoms. The molecule has 2 rings (SSSR count). The number of carbonyl (C=O) groups excluding carboxylic acids is 1. The maximum atomic E-state index is 11.0. The molecule has 0 unspecified atom stereocenters. The lowest BCUT2D eigenvalue weighted by molar-refractivity contribution is -0.117. The zero-order valence-corrected chi connectivity index (χ0v) is 9.95. The van der Waals surface area contributed by atoms with Crippen LogP contribution in [0.2, 0.25) is 5.02 Å². The molecule has 0 aliphatic rings. The molecule has 0 aromatic heterocycles. The summed E-state index contributed by atoms with van der Waals surface area (Å²) in [5.41, 5.74) is 8.14. The van der Waals surface area contributed by atoms with Gasteiger partial charge in [-0.1, -0.05) is 48.0 Å². The van der Waals surface area contributed by atoms with E-state index in [4.69, 9.17) is 17.3 Å². The second-order valence-electron chi connectivity index (χ2n) is 3.81. The molecule has 0 heterocycles. The molecule has 0 aliphatic carbocycles. The summed E-state index contributed by atoms with van der Waals surface area (Å²) >= 11 is 5.96. The van der Waals surface area contributed by atoms with Crippen molar-refractivity contribution in [2.45, 2.75) is 6.42 Å². The molecule has 0 atom stereocenters. The lowest BCUT2D eigenvalue weighted by Crippen LogP contribution is -2.14. The van der Waals surface area contributed by atoms with Gasteiger partial charge in [0.2, 0.25) is 5.91 Å². The van der Waals surface area contributed by atoms with E-state index in [0.29, 0.717) is 5.02 Å². The number of nitrogens with two attached hydrogens (primary N) is 1. The van der Waals surface area contributed by atoms with E-state index >= 15 is 0 Å². The molecule has 86 valence electrons. The van der Waals surface area contributed by atoms with Gasteiger partial charge in [0, 0.05) is 5.02 Å². The Kier molecular flexibility index (Phi) is 3.45. The molecule has 2 N–H and O–H groups in total. The van der Waals surface area contributed by atoms with Crippen LogP contribution in [-0.2, 0) is 11.2 Å². The third-order valence-corrected chi connectivity index (χ3v) is 2.75. The second-order valence-corrected chi connectivity index (χ2v) is 4.25. The summed E-state index contributed by atoms with van der Waals surface area (Å²) in [4.78, 5) is 11.0. The number of carbonyl (C=O) groups is 1. The summed E-state index contributed by atoms with van der Waals surface area (Å²) in [6, 6.07) is 15.2. The molecular weight excluding hydrogens is 234 g/mol. The Labute approximate surface area is 105 Å². The van der Waals surface area contributed by atoms with E-state index in [-0.39, 0.29) is 12.3 Å². The van der Waals surface area contributed by atoms with Crippen molar-refractivity contribution in [2.75, 3.05) is 0 Å². The Morgan fingerprint density at radius 1 is 1.12 bits per heavy atom. The smallest absolute Gasteiger partial charge is 0.221 e. The average molecular weight is 246 g/mol. The Morgan fingerprint density at radius 2 is 1.88 bits per heavy atom. The first-order chi connectivity index (χ1) is 8.16. The van der Waals surface area contributed by atoms with Gasteiger partial charge >= 0.3 is 0 Å². The Morgan fingerprint density at radius 3 is 2.59 bits per heavy atom. The number of rotatable bonds is 3. The Balaban J connectivity index is 2.47. The summed E-state index contributed by atoms with van der Waals surface area (Å²) in [6.45, 7) is 0. The van der Waals surface area contributed by atoms with Crippen LogP contribution in [0.5, 0.6) is 0 Å². The zero-order chi connectivity index (χ0) is 12.3. The van der Waals surface area contributed by atoms with E-state index in [9.17, 15) is 4.79 Å². The molecule has 2 aromatic carbocycles. The van der Waals surface area contributed by atoms with Gasteiger partial charge in [-0.2, -0.15) is 0 Å². The highest BCUT2D eigenvalue weighted by atomic mass is 35.5. The molecule has 2 aromatic rings. The molecule has 17 heavy (non-hydrogen) atoms. The van der Waals surface area contributed by atoms with Gasteiger partial charge in [-0.3, -0.25) is 4.79 Å². The van der Waals surface area contributed by atoms with Gasteiger partial charge in [0.15, 0.2) is 0 Å². The van der Waals surface area contributed by atoms with Crippen molar-refractivity contribution in [2.24, 2.45) is 5.73 Å². The van der Waals surface area contributed by atoms with Gasteiger partial charge in [0.05, 0.1) is 6.42 Å². The van der Waals surface area contributed by atoms with Crippen molar-refractivity contribution in [3.05, 3.63) is 59.1 Å². The first-order valence-corrected chi connectivity index (χ1v) is 5.67. The van der Waals surface area contributed by atoms with Crippen molar-refractivity contribution in [3.63, 3.8) is 0 Å². The molecule has 0 spiro atoms. The second kappa shape index (κ2) is 5.02. The minimum atomic E-state index is -0.334. The average Bonchev–Trinajstić information content (AvgIpc) is 2.29. The van der Waals surface area contributed by atoms with E-state index < -0.39 is 0 Å². The molecule has 0 fully saturated rings. The summed E-state index contributed by atoms with van der Waals surface area (Å²) in [5.74, 6) is -0.334. The topological polar surface area (TPSA) is 43.1 Å². The summed E-state index contributed by atoms with van der Waals surface area (Å²) in [5, 5.41) is 0.677. The molecule has 0 saturated carbocycles. The molecule has 0 aliphatic heterocycles. The fourth-order valence-electron chi connectivity index (χ4n) is 1.80.